The third-order valence-electron chi connectivity index (χ3n) is 1.43. The van der Waals surface area contributed by atoms with Crippen molar-refractivity contribution in [3.8, 4) is 0 Å². The molecule has 1 aliphatic rings. The molecule has 0 saturated carbocycles. The molecule has 0 spiro atoms. The molecule has 1 saturated heterocycles. The van der Waals surface area contributed by atoms with Gasteiger partial charge in [-0.3, -0.25) is 0 Å². The van der Waals surface area contributed by atoms with Crippen molar-refractivity contribution in [2.45, 2.75) is 12.8 Å². The molecule has 0 aromatic carbocycles. The first-order valence-electron chi connectivity index (χ1n) is 3.10. The number of nitrogens with zero attached hydrogens (tertiary/aromatic N) is 1. The van der Waals surface area contributed by atoms with Gasteiger partial charge in [-0.2, -0.15) is 0 Å². The number of hydrogen-bond acceptors (Lipinski definition) is 1. The van der Waals surface area contributed by atoms with Crippen molar-refractivity contribution >= 4 is 20.1 Å². The van der Waals surface area contributed by atoms with Crippen molar-refractivity contribution in [1.82, 2.24) is 3.11 Å². The Hall–Kier alpha value is 0.690. The Bertz CT molecular complexity index is 66.9. The monoisotopic (exact) mass is 227 g/mol. The van der Waals surface area contributed by atoms with E-state index >= 15 is 0 Å². The second kappa shape index (κ2) is 3.01. The second-order valence-corrected chi connectivity index (χ2v) is 8.83. The quantitative estimate of drug-likeness (QED) is 0.375. The first kappa shape index (κ1) is 6.81. The Morgan fingerprint density at radius 3 is 1.88 bits per heavy atom. The van der Waals surface area contributed by atoms with E-state index in [2.05, 4.69) is 17.2 Å². The Labute approximate surface area is 59.2 Å². The summed E-state index contributed by atoms with van der Waals surface area (Å²) in [6, 6.07) is 0. The van der Waals surface area contributed by atoms with Gasteiger partial charge in [0.15, 0.2) is 0 Å². The molecular formula is C6H14IN. The van der Waals surface area contributed by atoms with Crippen molar-refractivity contribution in [3.05, 3.63) is 0 Å². The third kappa shape index (κ3) is 1.58. The van der Waals surface area contributed by atoms with Crippen molar-refractivity contribution in [2.24, 2.45) is 0 Å². The molecule has 0 N–H and O–H groups in total. The van der Waals surface area contributed by atoms with Gasteiger partial charge in [-0.05, 0) is 0 Å². The summed E-state index contributed by atoms with van der Waals surface area (Å²) < 4.78 is 5.66. The van der Waals surface area contributed by atoms with Crippen molar-refractivity contribution in [1.29, 1.82) is 0 Å². The summed E-state index contributed by atoms with van der Waals surface area (Å²) in [5.74, 6) is 0. The van der Waals surface area contributed by atoms with Gasteiger partial charge < -0.3 is 0 Å². The van der Waals surface area contributed by atoms with Crippen LogP contribution >= 0.6 is 20.1 Å². The second-order valence-electron chi connectivity index (χ2n) is 2.30. The molecular weight excluding hydrogens is 213 g/mol. The van der Waals surface area contributed by atoms with Crippen LogP contribution in [0.15, 0.2) is 0 Å². The van der Waals surface area contributed by atoms with Crippen molar-refractivity contribution in [3.63, 3.8) is 0 Å². The van der Waals surface area contributed by atoms with Crippen LogP contribution in [0.2, 0.25) is 0 Å². The molecule has 1 rings (SSSR count). The van der Waals surface area contributed by atoms with E-state index in [1.165, 1.54) is 12.8 Å². The molecule has 1 nitrogen and oxygen atoms in total. The van der Waals surface area contributed by atoms with Gasteiger partial charge in [0.1, 0.15) is 0 Å². The molecule has 0 atom stereocenters. The minimum atomic E-state index is -0.477. The zero-order chi connectivity index (χ0) is 5.98. The van der Waals surface area contributed by atoms with Crippen LogP contribution in [0.25, 0.3) is 0 Å². The average Bonchev–Trinajstić information content (AvgIpc) is 2.12. The first-order chi connectivity index (χ1) is 3.80. The van der Waals surface area contributed by atoms with Gasteiger partial charge in [0.05, 0.1) is 0 Å². The fourth-order valence-electron chi connectivity index (χ4n) is 0.930. The van der Waals surface area contributed by atoms with Crippen LogP contribution in [0, 0.1) is 0 Å². The van der Waals surface area contributed by atoms with Gasteiger partial charge >= 0.3 is 59.0 Å². The maximum absolute atomic E-state index is 2.50. The standard InChI is InChI=1S/C6H14IN/c1-8(2)7-5-3-4-6-7/h3-6H2,1-2H3. The van der Waals surface area contributed by atoms with E-state index in [4.69, 9.17) is 0 Å². The molecule has 0 unspecified atom stereocenters. The van der Waals surface area contributed by atoms with Gasteiger partial charge in [0.25, 0.3) is 0 Å². The first-order valence-corrected chi connectivity index (χ1v) is 7.11. The van der Waals surface area contributed by atoms with E-state index in [1.54, 1.807) is 8.86 Å². The predicted octanol–water partition coefficient (Wildman–Crippen LogP) is 1.76. The normalized spacial score (nSPS) is 25.1. The number of alkyl halides is 2. The SMILES string of the molecule is CN(C)I1CCCC1. The van der Waals surface area contributed by atoms with Gasteiger partial charge in [-0.15, -0.1) is 0 Å². The summed E-state index contributed by atoms with van der Waals surface area (Å²) in [6.45, 7) is 0. The van der Waals surface area contributed by atoms with Crippen molar-refractivity contribution < 1.29 is 0 Å². The maximum atomic E-state index is 2.50. The summed E-state index contributed by atoms with van der Waals surface area (Å²) >= 11 is -0.477. The third-order valence-corrected chi connectivity index (χ3v) is 8.18. The topological polar surface area (TPSA) is 3.24 Å². The number of rotatable bonds is 1. The molecule has 2 heteroatoms. The van der Waals surface area contributed by atoms with E-state index in [-0.39, 0.29) is 0 Å². The fraction of sp³-hybridized carbons (Fsp3) is 1.00. The van der Waals surface area contributed by atoms with Gasteiger partial charge in [-0.1, -0.05) is 0 Å². The molecule has 8 heavy (non-hydrogen) atoms. The van der Waals surface area contributed by atoms with E-state index < -0.39 is 20.1 Å². The summed E-state index contributed by atoms with van der Waals surface area (Å²) in [5.41, 5.74) is 0. The predicted molar refractivity (Wildman–Crippen MR) is 46.7 cm³/mol. The number of hydrogen-bond donors (Lipinski definition) is 0. The summed E-state index contributed by atoms with van der Waals surface area (Å²) in [5, 5.41) is 0. The van der Waals surface area contributed by atoms with E-state index in [0.29, 0.717) is 0 Å². The summed E-state index contributed by atoms with van der Waals surface area (Å²) in [4.78, 5) is 0. The van der Waals surface area contributed by atoms with Crippen LogP contribution in [-0.4, -0.2) is 26.1 Å². The minimum absolute atomic E-state index is 0.477. The molecule has 1 fully saturated rings. The Balaban J connectivity index is 2.24. The molecule has 0 radical (unpaired) electrons. The molecule has 1 heterocycles. The zero-order valence-corrected chi connectivity index (χ0v) is 7.81. The summed E-state index contributed by atoms with van der Waals surface area (Å²) in [6.07, 6.45) is 3.03. The molecule has 0 bridgehead atoms. The van der Waals surface area contributed by atoms with Crippen molar-refractivity contribution in [2.75, 3.05) is 23.0 Å². The van der Waals surface area contributed by atoms with Crippen LogP contribution in [0.1, 0.15) is 12.8 Å². The molecule has 0 aromatic rings. The Kier molecular flexibility index (Phi) is 2.56. The van der Waals surface area contributed by atoms with E-state index in [9.17, 15) is 0 Å². The Morgan fingerprint density at radius 1 is 1.12 bits per heavy atom. The molecule has 0 amide bonds. The van der Waals surface area contributed by atoms with Crippen LogP contribution in [0.3, 0.4) is 0 Å². The fourth-order valence-corrected chi connectivity index (χ4v) is 6.24. The van der Waals surface area contributed by atoms with Crippen LogP contribution in [0.4, 0.5) is 0 Å². The van der Waals surface area contributed by atoms with Gasteiger partial charge in [0.2, 0.25) is 0 Å². The van der Waals surface area contributed by atoms with Crippen LogP contribution in [-0.2, 0) is 0 Å². The zero-order valence-electron chi connectivity index (χ0n) is 5.65. The number of halogens is 1. The van der Waals surface area contributed by atoms with Gasteiger partial charge in [0, 0.05) is 0 Å². The van der Waals surface area contributed by atoms with Crippen LogP contribution in [0.5, 0.6) is 0 Å². The van der Waals surface area contributed by atoms with E-state index in [1.807, 2.05) is 0 Å². The average molecular weight is 227 g/mol. The van der Waals surface area contributed by atoms with Crippen LogP contribution < -0.4 is 0 Å². The summed E-state index contributed by atoms with van der Waals surface area (Å²) in [7, 11) is 4.49. The Morgan fingerprint density at radius 2 is 1.62 bits per heavy atom. The van der Waals surface area contributed by atoms with Gasteiger partial charge in [-0.25, -0.2) is 0 Å². The molecule has 0 aromatic heterocycles. The van der Waals surface area contributed by atoms with E-state index in [0.717, 1.165) is 0 Å². The molecule has 0 aliphatic carbocycles. The molecule has 1 aliphatic heterocycles. The molecule has 50 valence electrons.